The molecule has 3 amide bonds. The highest BCUT2D eigenvalue weighted by molar-refractivity contribution is 6.08. The van der Waals surface area contributed by atoms with Crippen molar-refractivity contribution in [3.8, 4) is 5.75 Å². The first-order valence-corrected chi connectivity index (χ1v) is 8.95. The van der Waals surface area contributed by atoms with Crippen LogP contribution in [-0.4, -0.2) is 42.6 Å². The Bertz CT molecular complexity index is 866. The van der Waals surface area contributed by atoms with Crippen LogP contribution in [0.2, 0.25) is 0 Å². The average Bonchev–Trinajstić information content (AvgIpc) is 2.91. The first-order valence-electron chi connectivity index (χ1n) is 8.95. The summed E-state index contributed by atoms with van der Waals surface area (Å²) in [5.41, 5.74) is 0.568. The molecule has 1 N–H and O–H groups in total. The van der Waals surface area contributed by atoms with Crippen molar-refractivity contribution in [2.45, 2.75) is 19.4 Å². The second-order valence-corrected chi connectivity index (χ2v) is 6.69. The minimum atomic E-state index is -1.20. The molecule has 0 bridgehead atoms. The molecule has 1 saturated heterocycles. The highest BCUT2D eigenvalue weighted by atomic mass is 16.6. The van der Waals surface area contributed by atoms with E-state index >= 15 is 0 Å². The topological polar surface area (TPSA) is 84.9 Å². The number of aryl methyl sites for hydroxylation is 1. The Labute approximate surface area is 163 Å². The predicted octanol–water partition coefficient (Wildman–Crippen LogP) is 2.38. The molecule has 1 heterocycles. The summed E-state index contributed by atoms with van der Waals surface area (Å²) in [6.45, 7) is 3.34. The van der Waals surface area contributed by atoms with Crippen LogP contribution in [0.15, 0.2) is 54.6 Å². The monoisotopic (exact) mass is 382 g/mol. The van der Waals surface area contributed by atoms with Crippen LogP contribution in [0, 0.1) is 6.92 Å². The molecule has 0 unspecified atom stereocenters. The lowest BCUT2D eigenvalue weighted by molar-refractivity contribution is -0.148. The number of ether oxygens (including phenoxy) is 2. The smallest absolute Gasteiger partial charge is 0.326 e. The summed E-state index contributed by atoms with van der Waals surface area (Å²) >= 11 is 0. The van der Waals surface area contributed by atoms with Crippen molar-refractivity contribution in [3.63, 3.8) is 0 Å². The van der Waals surface area contributed by atoms with Gasteiger partial charge in [0.2, 0.25) is 0 Å². The van der Waals surface area contributed by atoms with Gasteiger partial charge in [-0.2, -0.15) is 0 Å². The Morgan fingerprint density at radius 3 is 2.39 bits per heavy atom. The standard InChI is InChI=1S/C21H22N2O5/c1-15-8-10-17(11-9-15)27-12-13-28-18(24)14-23-19(25)21(2,22-20(23)26)16-6-4-3-5-7-16/h3-11H,12-14H2,1-2H3,(H,22,26)/t21-/m1/s1. The summed E-state index contributed by atoms with van der Waals surface area (Å²) in [7, 11) is 0. The first kappa shape index (κ1) is 19.4. The van der Waals surface area contributed by atoms with Crippen LogP contribution in [0.25, 0.3) is 0 Å². The molecule has 2 aromatic rings. The zero-order valence-electron chi connectivity index (χ0n) is 15.8. The summed E-state index contributed by atoms with van der Waals surface area (Å²) in [4.78, 5) is 37.9. The Hall–Kier alpha value is -3.35. The molecule has 1 atom stereocenters. The fraction of sp³-hybridized carbons (Fsp3) is 0.286. The number of carbonyl (C=O) groups is 3. The number of amides is 3. The number of nitrogens with one attached hydrogen (secondary N) is 1. The largest absolute Gasteiger partial charge is 0.490 e. The number of urea groups is 1. The summed E-state index contributed by atoms with van der Waals surface area (Å²) in [6.07, 6.45) is 0. The van der Waals surface area contributed by atoms with Gasteiger partial charge in [0.25, 0.3) is 5.91 Å². The third kappa shape index (κ3) is 4.14. The molecule has 1 aliphatic rings. The van der Waals surface area contributed by atoms with E-state index in [9.17, 15) is 14.4 Å². The van der Waals surface area contributed by atoms with Crippen molar-refractivity contribution in [1.29, 1.82) is 0 Å². The molecule has 0 saturated carbocycles. The van der Waals surface area contributed by atoms with Gasteiger partial charge in [0.15, 0.2) is 0 Å². The molecule has 7 nitrogen and oxygen atoms in total. The minimum absolute atomic E-state index is 0.0202. The van der Waals surface area contributed by atoms with Gasteiger partial charge in [0, 0.05) is 0 Å². The fourth-order valence-electron chi connectivity index (χ4n) is 2.93. The molecule has 2 aromatic carbocycles. The Kier molecular flexibility index (Phi) is 5.63. The van der Waals surface area contributed by atoms with E-state index in [1.165, 1.54) is 0 Å². The van der Waals surface area contributed by atoms with E-state index in [0.29, 0.717) is 11.3 Å². The van der Waals surface area contributed by atoms with Crippen molar-refractivity contribution >= 4 is 17.9 Å². The number of rotatable bonds is 7. The van der Waals surface area contributed by atoms with Crippen LogP contribution in [-0.2, 0) is 19.9 Å². The zero-order valence-corrected chi connectivity index (χ0v) is 15.8. The van der Waals surface area contributed by atoms with Crippen LogP contribution in [0.5, 0.6) is 5.75 Å². The van der Waals surface area contributed by atoms with Crippen LogP contribution in [0.4, 0.5) is 4.79 Å². The Balaban J connectivity index is 1.50. The number of hydrogen-bond donors (Lipinski definition) is 1. The lowest BCUT2D eigenvalue weighted by atomic mass is 9.92. The van der Waals surface area contributed by atoms with Crippen molar-refractivity contribution in [2.75, 3.05) is 19.8 Å². The molecule has 0 aliphatic carbocycles. The molecule has 1 fully saturated rings. The van der Waals surface area contributed by atoms with Crippen molar-refractivity contribution < 1.29 is 23.9 Å². The maximum absolute atomic E-state index is 12.7. The lowest BCUT2D eigenvalue weighted by Crippen LogP contribution is -2.41. The van der Waals surface area contributed by atoms with Gasteiger partial charge < -0.3 is 14.8 Å². The molecule has 0 radical (unpaired) electrons. The molecule has 7 heteroatoms. The molecule has 0 aromatic heterocycles. The minimum Gasteiger partial charge on any atom is -0.490 e. The van der Waals surface area contributed by atoms with Crippen molar-refractivity contribution in [1.82, 2.24) is 10.2 Å². The summed E-state index contributed by atoms with van der Waals surface area (Å²) in [6, 6.07) is 15.8. The number of hydrogen-bond acceptors (Lipinski definition) is 5. The second kappa shape index (κ2) is 8.12. The van der Waals surface area contributed by atoms with Gasteiger partial charge in [-0.1, -0.05) is 48.0 Å². The summed E-state index contributed by atoms with van der Waals surface area (Å²) in [5, 5.41) is 2.65. The van der Waals surface area contributed by atoms with E-state index in [1.807, 2.05) is 37.3 Å². The van der Waals surface area contributed by atoms with E-state index < -0.39 is 30.0 Å². The Morgan fingerprint density at radius 2 is 1.71 bits per heavy atom. The Morgan fingerprint density at radius 1 is 1.04 bits per heavy atom. The van der Waals surface area contributed by atoms with Gasteiger partial charge in [-0.25, -0.2) is 4.79 Å². The summed E-state index contributed by atoms with van der Waals surface area (Å²) in [5.74, 6) is -0.487. The third-order valence-electron chi connectivity index (χ3n) is 4.55. The second-order valence-electron chi connectivity index (χ2n) is 6.69. The summed E-state index contributed by atoms with van der Waals surface area (Å²) < 4.78 is 10.6. The van der Waals surface area contributed by atoms with Gasteiger partial charge in [0.05, 0.1) is 0 Å². The van der Waals surface area contributed by atoms with E-state index in [-0.39, 0.29) is 13.2 Å². The number of imide groups is 1. The molecular weight excluding hydrogens is 360 g/mol. The zero-order chi connectivity index (χ0) is 20.1. The van der Waals surface area contributed by atoms with Crippen LogP contribution < -0.4 is 10.1 Å². The number of esters is 1. The van der Waals surface area contributed by atoms with Crippen LogP contribution in [0.3, 0.4) is 0 Å². The van der Waals surface area contributed by atoms with Crippen LogP contribution in [0.1, 0.15) is 18.1 Å². The molecular formula is C21H22N2O5. The third-order valence-corrected chi connectivity index (χ3v) is 4.55. The molecule has 1 aliphatic heterocycles. The van der Waals surface area contributed by atoms with Crippen molar-refractivity contribution in [3.05, 3.63) is 65.7 Å². The SMILES string of the molecule is Cc1ccc(OCCOC(=O)CN2C(=O)N[C@](C)(c3ccccc3)C2=O)cc1. The molecule has 146 valence electrons. The fourth-order valence-corrected chi connectivity index (χ4v) is 2.93. The van der Waals surface area contributed by atoms with Crippen molar-refractivity contribution in [2.24, 2.45) is 0 Å². The van der Waals surface area contributed by atoms with E-state index in [0.717, 1.165) is 10.5 Å². The van der Waals surface area contributed by atoms with Gasteiger partial charge in [-0.05, 0) is 31.5 Å². The predicted molar refractivity (Wildman–Crippen MR) is 102 cm³/mol. The molecule has 3 rings (SSSR count). The van der Waals surface area contributed by atoms with Gasteiger partial charge in [0.1, 0.15) is 31.0 Å². The molecule has 28 heavy (non-hydrogen) atoms. The van der Waals surface area contributed by atoms with Gasteiger partial charge in [-0.3, -0.25) is 14.5 Å². The maximum Gasteiger partial charge on any atom is 0.326 e. The van der Waals surface area contributed by atoms with Gasteiger partial charge in [-0.15, -0.1) is 0 Å². The van der Waals surface area contributed by atoms with E-state index in [4.69, 9.17) is 9.47 Å². The molecule has 0 spiro atoms. The number of nitrogens with zero attached hydrogens (tertiary/aromatic N) is 1. The normalized spacial score (nSPS) is 18.7. The van der Waals surface area contributed by atoms with Gasteiger partial charge >= 0.3 is 12.0 Å². The average molecular weight is 382 g/mol. The first-order chi connectivity index (χ1) is 13.4. The van der Waals surface area contributed by atoms with Crippen LogP contribution >= 0.6 is 0 Å². The van der Waals surface area contributed by atoms with E-state index in [1.54, 1.807) is 31.2 Å². The number of carbonyl (C=O) groups excluding carboxylic acids is 3. The quantitative estimate of drug-likeness (QED) is 0.452. The maximum atomic E-state index is 12.7. The number of benzene rings is 2. The lowest BCUT2D eigenvalue weighted by Gasteiger charge is -2.21. The highest BCUT2D eigenvalue weighted by Gasteiger charge is 2.49. The van der Waals surface area contributed by atoms with E-state index in [2.05, 4.69) is 5.32 Å². The highest BCUT2D eigenvalue weighted by Crippen LogP contribution is 2.28.